The summed E-state index contributed by atoms with van der Waals surface area (Å²) < 4.78 is 22.0. The summed E-state index contributed by atoms with van der Waals surface area (Å²) in [5.74, 6) is -0.109. The van der Waals surface area contributed by atoms with Crippen molar-refractivity contribution in [3.8, 4) is 5.75 Å². The predicted molar refractivity (Wildman–Crippen MR) is 132 cm³/mol. The average molecular weight is 493 g/mol. The number of ether oxygens (including phenoxy) is 1. The molecule has 0 N–H and O–H groups in total. The molecule has 2 rings (SSSR count). The van der Waals surface area contributed by atoms with Crippen LogP contribution >= 0.6 is 0 Å². The molecule has 1 aromatic carbocycles. The fourth-order valence-electron chi connectivity index (χ4n) is 4.68. The maximum Gasteiger partial charge on any atom is 0.705 e. The maximum atomic E-state index is 11.6. The van der Waals surface area contributed by atoms with Gasteiger partial charge in [0.05, 0.1) is 12.7 Å². The predicted octanol–water partition coefficient (Wildman–Crippen LogP) is 6.04. The lowest BCUT2D eigenvalue weighted by Crippen LogP contribution is -2.49. The lowest BCUT2D eigenvalue weighted by molar-refractivity contribution is -0.147. The highest BCUT2D eigenvalue weighted by atomic mass is 28.4. The first kappa shape index (κ1) is 27.9. The highest BCUT2D eigenvalue weighted by Gasteiger charge is 2.51. The largest absolute Gasteiger partial charge is 0.705 e. The summed E-state index contributed by atoms with van der Waals surface area (Å²) in [5, 5.41) is 0. The van der Waals surface area contributed by atoms with Crippen LogP contribution in [0.1, 0.15) is 109 Å². The van der Waals surface area contributed by atoms with E-state index >= 15 is 0 Å². The van der Waals surface area contributed by atoms with Crippen LogP contribution in [0, 0.1) is 0 Å². The molecule has 1 atom stereocenters. The molecule has 34 heavy (non-hydrogen) atoms. The molecular formula is C26H40O7Si. The van der Waals surface area contributed by atoms with E-state index in [1.165, 1.54) is 64.0 Å². The first-order chi connectivity index (χ1) is 16.2. The van der Waals surface area contributed by atoms with Crippen molar-refractivity contribution in [2.24, 2.45) is 0 Å². The van der Waals surface area contributed by atoms with Crippen molar-refractivity contribution in [1.82, 2.24) is 0 Å². The SMILES string of the molecule is CCCC(C)c1ccc(OCCC[Si](OC(C)=O)(OC(C)=O)OC(C)=O)c(C2CCCCC2)c1. The molecule has 1 aliphatic carbocycles. The van der Waals surface area contributed by atoms with Crippen molar-refractivity contribution < 1.29 is 32.4 Å². The summed E-state index contributed by atoms with van der Waals surface area (Å²) in [7, 11) is -3.83. The van der Waals surface area contributed by atoms with E-state index in [9.17, 15) is 14.4 Å². The minimum atomic E-state index is -3.83. The van der Waals surface area contributed by atoms with Crippen LogP contribution in [0.2, 0.25) is 6.04 Å². The summed E-state index contributed by atoms with van der Waals surface area (Å²) >= 11 is 0. The van der Waals surface area contributed by atoms with Crippen LogP contribution in [0.25, 0.3) is 0 Å². The Labute approximate surface area is 204 Å². The van der Waals surface area contributed by atoms with Crippen LogP contribution in [0.15, 0.2) is 18.2 Å². The molecule has 8 heteroatoms. The Morgan fingerprint density at radius 1 is 0.971 bits per heavy atom. The Balaban J connectivity index is 2.14. The summed E-state index contributed by atoms with van der Waals surface area (Å²) in [6.07, 6.45) is 8.80. The maximum absolute atomic E-state index is 11.6. The van der Waals surface area contributed by atoms with Crippen molar-refractivity contribution in [3.63, 3.8) is 0 Å². The van der Waals surface area contributed by atoms with Crippen molar-refractivity contribution in [3.05, 3.63) is 29.3 Å². The molecule has 0 saturated heterocycles. The topological polar surface area (TPSA) is 88.1 Å². The van der Waals surface area contributed by atoms with Crippen LogP contribution in [0.5, 0.6) is 5.75 Å². The number of carbonyl (C=O) groups is 3. The molecule has 0 amide bonds. The molecule has 0 spiro atoms. The van der Waals surface area contributed by atoms with Gasteiger partial charge in [0.1, 0.15) is 5.75 Å². The van der Waals surface area contributed by atoms with Gasteiger partial charge in [-0.1, -0.05) is 51.7 Å². The molecular weight excluding hydrogens is 452 g/mol. The second-order valence-corrected chi connectivity index (χ2v) is 11.7. The van der Waals surface area contributed by atoms with Gasteiger partial charge in [0, 0.05) is 20.8 Å². The highest BCUT2D eigenvalue weighted by molar-refractivity contribution is 6.65. The van der Waals surface area contributed by atoms with Crippen molar-refractivity contribution in [1.29, 1.82) is 0 Å². The van der Waals surface area contributed by atoms with E-state index in [0.717, 1.165) is 18.6 Å². The minimum absolute atomic E-state index is 0.107. The molecule has 0 radical (unpaired) electrons. The first-order valence-electron chi connectivity index (χ1n) is 12.5. The van der Waals surface area contributed by atoms with Gasteiger partial charge in [-0.3, -0.25) is 14.4 Å². The zero-order chi connectivity index (χ0) is 25.1. The molecule has 0 heterocycles. The molecule has 7 nitrogen and oxygen atoms in total. The third-order valence-corrected chi connectivity index (χ3v) is 8.91. The van der Waals surface area contributed by atoms with Crippen LogP contribution in [0.3, 0.4) is 0 Å². The number of hydrogen-bond acceptors (Lipinski definition) is 7. The number of rotatable bonds is 12. The van der Waals surface area contributed by atoms with Crippen LogP contribution in [0.4, 0.5) is 0 Å². The fourth-order valence-corrected chi connectivity index (χ4v) is 7.00. The van der Waals surface area contributed by atoms with E-state index < -0.39 is 26.7 Å². The zero-order valence-corrected chi connectivity index (χ0v) is 22.3. The van der Waals surface area contributed by atoms with Gasteiger partial charge in [-0.25, -0.2) is 0 Å². The van der Waals surface area contributed by atoms with Gasteiger partial charge in [0.25, 0.3) is 17.9 Å². The number of benzene rings is 1. The lowest BCUT2D eigenvalue weighted by atomic mass is 9.82. The molecule has 0 bridgehead atoms. The van der Waals surface area contributed by atoms with E-state index in [2.05, 4.69) is 32.0 Å². The molecule has 0 aliphatic heterocycles. The summed E-state index contributed by atoms with van der Waals surface area (Å²) in [6, 6.07) is 6.65. The molecule has 1 fully saturated rings. The van der Waals surface area contributed by atoms with Crippen molar-refractivity contribution >= 4 is 26.7 Å². The average Bonchev–Trinajstić information content (AvgIpc) is 2.76. The summed E-state index contributed by atoms with van der Waals surface area (Å²) in [5.41, 5.74) is 2.62. The van der Waals surface area contributed by atoms with Gasteiger partial charge in [-0.05, 0) is 54.7 Å². The molecule has 190 valence electrons. The van der Waals surface area contributed by atoms with Crippen LogP contribution in [-0.4, -0.2) is 33.3 Å². The van der Waals surface area contributed by atoms with Crippen molar-refractivity contribution in [2.75, 3.05) is 6.61 Å². The Morgan fingerprint density at radius 2 is 1.56 bits per heavy atom. The highest BCUT2D eigenvalue weighted by Crippen LogP contribution is 2.39. The standard InChI is InChI=1S/C26H40O7Si/c1-6-11-19(2)24-14-15-26(25(18-24)23-12-8-7-9-13-23)30-16-10-17-34(31-20(3)27,32-21(4)28)33-22(5)29/h14-15,18-19,23H,6-13,16-17H2,1-5H3. The molecule has 1 aromatic rings. The van der Waals surface area contributed by atoms with E-state index in [-0.39, 0.29) is 6.04 Å². The summed E-state index contributed by atoms with van der Waals surface area (Å²) in [4.78, 5) is 34.9. The second kappa shape index (κ2) is 13.5. The van der Waals surface area contributed by atoms with E-state index in [0.29, 0.717) is 24.9 Å². The fraction of sp³-hybridized carbons (Fsp3) is 0.654. The molecule has 0 aromatic heterocycles. The lowest BCUT2D eigenvalue weighted by Gasteiger charge is -2.27. The first-order valence-corrected chi connectivity index (χ1v) is 14.4. The van der Waals surface area contributed by atoms with Gasteiger partial charge < -0.3 is 18.0 Å². The third kappa shape index (κ3) is 8.78. The smallest absolute Gasteiger partial charge is 0.493 e. The zero-order valence-electron chi connectivity index (χ0n) is 21.3. The van der Waals surface area contributed by atoms with Gasteiger partial charge in [0.15, 0.2) is 0 Å². The molecule has 1 aliphatic rings. The summed E-state index contributed by atoms with van der Waals surface area (Å²) in [6.45, 7) is 8.39. The Hall–Kier alpha value is -2.35. The number of hydrogen-bond donors (Lipinski definition) is 0. The third-order valence-electron chi connectivity index (χ3n) is 6.15. The Morgan fingerprint density at radius 3 is 2.09 bits per heavy atom. The van der Waals surface area contributed by atoms with Gasteiger partial charge in [0.2, 0.25) is 0 Å². The van der Waals surface area contributed by atoms with E-state index in [1.54, 1.807) is 0 Å². The Kier molecular flexibility index (Phi) is 11.1. The minimum Gasteiger partial charge on any atom is -0.493 e. The van der Waals surface area contributed by atoms with Crippen molar-refractivity contribution in [2.45, 2.75) is 104 Å². The van der Waals surface area contributed by atoms with E-state index in [4.69, 9.17) is 18.0 Å². The van der Waals surface area contributed by atoms with Crippen LogP contribution in [-0.2, 0) is 27.7 Å². The monoisotopic (exact) mass is 492 g/mol. The van der Waals surface area contributed by atoms with Gasteiger partial charge in [-0.2, -0.15) is 0 Å². The normalized spacial score (nSPS) is 15.3. The molecule has 1 unspecified atom stereocenters. The second-order valence-electron chi connectivity index (χ2n) is 9.24. The van der Waals surface area contributed by atoms with E-state index in [1.807, 2.05) is 0 Å². The van der Waals surface area contributed by atoms with Gasteiger partial charge in [-0.15, -0.1) is 0 Å². The van der Waals surface area contributed by atoms with Gasteiger partial charge >= 0.3 is 8.80 Å². The number of carbonyl (C=O) groups excluding carboxylic acids is 3. The van der Waals surface area contributed by atoms with Crippen LogP contribution < -0.4 is 4.74 Å². The molecule has 1 saturated carbocycles. The quantitative estimate of drug-likeness (QED) is 0.260. The Bertz CT molecular complexity index is 792.